The van der Waals surface area contributed by atoms with E-state index in [1.54, 1.807) is 0 Å². The lowest BCUT2D eigenvalue weighted by atomic mass is 9.70. The third-order valence-electron chi connectivity index (χ3n) is 6.65. The van der Waals surface area contributed by atoms with Crippen LogP contribution in [0.5, 0.6) is 0 Å². The van der Waals surface area contributed by atoms with Crippen LogP contribution < -0.4 is 10.6 Å². The van der Waals surface area contributed by atoms with E-state index in [1.165, 1.54) is 4.90 Å². The van der Waals surface area contributed by atoms with Gasteiger partial charge in [0.15, 0.2) is 0 Å². The van der Waals surface area contributed by atoms with Crippen LogP contribution >= 0.6 is 0 Å². The van der Waals surface area contributed by atoms with E-state index in [0.717, 1.165) is 5.56 Å². The van der Waals surface area contributed by atoms with E-state index in [9.17, 15) is 19.5 Å². The van der Waals surface area contributed by atoms with Crippen LogP contribution in [0.2, 0.25) is 0 Å². The Morgan fingerprint density at radius 2 is 2.00 bits per heavy atom. The number of aliphatic hydroxyl groups is 1. The molecule has 2 bridgehead atoms. The second-order valence-corrected chi connectivity index (χ2v) is 9.03. The SMILES string of the molecule is CC(C)NC(=O)C1N(CCCO)C(=O)[C@@H]2[C@@H](C(=O)NCc3ccccc3)[C@H]3CCC12O3. The first-order valence-corrected chi connectivity index (χ1v) is 11.1. The van der Waals surface area contributed by atoms with Crippen molar-refractivity contribution in [3.05, 3.63) is 35.9 Å². The predicted molar refractivity (Wildman–Crippen MR) is 113 cm³/mol. The molecule has 0 aliphatic carbocycles. The van der Waals surface area contributed by atoms with Gasteiger partial charge in [-0.2, -0.15) is 0 Å². The number of nitrogens with zero attached hydrogens (tertiary/aromatic N) is 1. The molecule has 3 N–H and O–H groups in total. The molecule has 168 valence electrons. The molecule has 1 spiro atoms. The largest absolute Gasteiger partial charge is 0.396 e. The van der Waals surface area contributed by atoms with Crippen LogP contribution in [0.1, 0.15) is 38.7 Å². The molecule has 2 unspecified atom stereocenters. The Hall–Kier alpha value is -2.45. The summed E-state index contributed by atoms with van der Waals surface area (Å²) in [4.78, 5) is 41.3. The van der Waals surface area contributed by atoms with E-state index in [2.05, 4.69) is 10.6 Å². The summed E-state index contributed by atoms with van der Waals surface area (Å²) in [6.07, 6.45) is 1.22. The Morgan fingerprint density at radius 1 is 1.26 bits per heavy atom. The average molecular weight is 430 g/mol. The minimum absolute atomic E-state index is 0.0789. The molecule has 5 atom stereocenters. The Balaban J connectivity index is 1.59. The fourth-order valence-corrected chi connectivity index (χ4v) is 5.50. The van der Waals surface area contributed by atoms with Crippen molar-refractivity contribution in [3.63, 3.8) is 0 Å². The van der Waals surface area contributed by atoms with Crippen LogP contribution in [0.4, 0.5) is 0 Å². The van der Waals surface area contributed by atoms with Gasteiger partial charge in [-0.05, 0) is 38.7 Å². The van der Waals surface area contributed by atoms with E-state index in [1.807, 2.05) is 44.2 Å². The Bertz CT molecular complexity index is 845. The summed E-state index contributed by atoms with van der Waals surface area (Å²) in [6.45, 7) is 4.30. The van der Waals surface area contributed by atoms with Gasteiger partial charge in [-0.1, -0.05) is 30.3 Å². The second kappa shape index (κ2) is 8.59. The van der Waals surface area contributed by atoms with Crippen LogP contribution in [0, 0.1) is 11.8 Å². The number of benzene rings is 1. The molecule has 3 aliphatic rings. The van der Waals surface area contributed by atoms with Gasteiger partial charge in [0.05, 0.1) is 17.9 Å². The molecule has 8 heteroatoms. The number of hydrogen-bond acceptors (Lipinski definition) is 5. The van der Waals surface area contributed by atoms with Gasteiger partial charge in [-0.15, -0.1) is 0 Å². The maximum absolute atomic E-state index is 13.5. The van der Waals surface area contributed by atoms with Gasteiger partial charge in [0.2, 0.25) is 17.7 Å². The standard InChI is InChI=1S/C23H31N3O5/c1-14(2)25-21(29)19-23-10-9-16(31-23)17(18(23)22(30)26(19)11-6-12-27)20(28)24-13-15-7-4-3-5-8-15/h3-5,7-8,14,16-19,27H,6,9-13H2,1-2H3,(H,24,28)(H,25,29)/t16-,17+,18+,19?,23?/m1/s1. The molecule has 1 aromatic rings. The molecule has 31 heavy (non-hydrogen) atoms. The first-order valence-electron chi connectivity index (χ1n) is 11.1. The number of amides is 3. The molecule has 3 amide bonds. The van der Waals surface area contributed by atoms with Crippen molar-refractivity contribution in [1.29, 1.82) is 0 Å². The lowest BCUT2D eigenvalue weighted by Crippen LogP contribution is -2.56. The smallest absolute Gasteiger partial charge is 0.246 e. The van der Waals surface area contributed by atoms with Gasteiger partial charge < -0.3 is 25.4 Å². The Kier molecular flexibility index (Phi) is 6.03. The minimum Gasteiger partial charge on any atom is -0.396 e. The zero-order valence-electron chi connectivity index (χ0n) is 18.0. The van der Waals surface area contributed by atoms with Crippen LogP contribution in [0.15, 0.2) is 30.3 Å². The number of ether oxygens (including phenoxy) is 1. The summed E-state index contributed by atoms with van der Waals surface area (Å²) in [5.74, 6) is -1.97. The normalized spacial score (nSPS) is 31.2. The summed E-state index contributed by atoms with van der Waals surface area (Å²) in [7, 11) is 0. The highest BCUT2D eigenvalue weighted by atomic mass is 16.5. The van der Waals surface area contributed by atoms with Gasteiger partial charge in [0.25, 0.3) is 0 Å². The van der Waals surface area contributed by atoms with Gasteiger partial charge in [0, 0.05) is 25.7 Å². The van der Waals surface area contributed by atoms with E-state index in [0.29, 0.717) is 25.8 Å². The molecule has 8 nitrogen and oxygen atoms in total. The number of aliphatic hydroxyl groups excluding tert-OH is 1. The third kappa shape index (κ3) is 3.72. The highest BCUT2D eigenvalue weighted by Crippen LogP contribution is 2.58. The van der Waals surface area contributed by atoms with Gasteiger partial charge in [-0.25, -0.2) is 0 Å². The lowest BCUT2D eigenvalue weighted by molar-refractivity contribution is -0.142. The topological polar surface area (TPSA) is 108 Å². The molecule has 3 heterocycles. The Morgan fingerprint density at radius 3 is 2.68 bits per heavy atom. The summed E-state index contributed by atoms with van der Waals surface area (Å²) < 4.78 is 6.32. The highest BCUT2D eigenvalue weighted by Gasteiger charge is 2.74. The molecule has 4 rings (SSSR count). The van der Waals surface area contributed by atoms with Gasteiger partial charge in [0.1, 0.15) is 11.6 Å². The van der Waals surface area contributed by atoms with Gasteiger partial charge in [-0.3, -0.25) is 14.4 Å². The van der Waals surface area contributed by atoms with Crippen LogP contribution in [0.3, 0.4) is 0 Å². The summed E-state index contributed by atoms with van der Waals surface area (Å²) in [5, 5.41) is 15.2. The Labute approximate surface area is 182 Å². The van der Waals surface area contributed by atoms with Crippen molar-refractivity contribution in [1.82, 2.24) is 15.5 Å². The number of rotatable bonds is 8. The summed E-state index contributed by atoms with van der Waals surface area (Å²) in [6, 6.07) is 8.74. The summed E-state index contributed by atoms with van der Waals surface area (Å²) >= 11 is 0. The number of carbonyl (C=O) groups is 3. The molecule has 1 aromatic carbocycles. The number of carbonyl (C=O) groups excluding carboxylic acids is 3. The van der Waals surface area contributed by atoms with Crippen molar-refractivity contribution < 1.29 is 24.2 Å². The zero-order valence-corrected chi connectivity index (χ0v) is 18.0. The van der Waals surface area contributed by atoms with Crippen LogP contribution in [-0.2, 0) is 25.7 Å². The molecule has 0 radical (unpaired) electrons. The van der Waals surface area contributed by atoms with E-state index in [-0.39, 0.29) is 43.0 Å². The highest BCUT2D eigenvalue weighted by molar-refractivity contribution is 5.98. The fraction of sp³-hybridized carbons (Fsp3) is 0.609. The molecular formula is C23H31N3O5. The van der Waals surface area contributed by atoms with E-state index in [4.69, 9.17) is 4.74 Å². The maximum atomic E-state index is 13.5. The van der Waals surface area contributed by atoms with Gasteiger partial charge >= 0.3 is 0 Å². The van der Waals surface area contributed by atoms with Crippen molar-refractivity contribution in [3.8, 4) is 0 Å². The molecule has 0 saturated carbocycles. The van der Waals surface area contributed by atoms with Crippen LogP contribution in [0.25, 0.3) is 0 Å². The van der Waals surface area contributed by atoms with Crippen molar-refractivity contribution in [2.45, 2.75) is 63.4 Å². The van der Waals surface area contributed by atoms with Crippen LogP contribution in [-0.4, -0.2) is 64.7 Å². The van der Waals surface area contributed by atoms with Crippen molar-refractivity contribution in [2.75, 3.05) is 13.2 Å². The third-order valence-corrected chi connectivity index (χ3v) is 6.65. The number of nitrogens with one attached hydrogen (secondary N) is 2. The molecule has 3 fully saturated rings. The van der Waals surface area contributed by atoms with E-state index < -0.39 is 23.5 Å². The number of hydrogen-bond donors (Lipinski definition) is 3. The lowest BCUT2D eigenvalue weighted by Gasteiger charge is -2.33. The minimum atomic E-state index is -0.981. The molecule has 0 aromatic heterocycles. The first kappa shape index (κ1) is 21.8. The molecule has 3 saturated heterocycles. The molecule has 3 aliphatic heterocycles. The predicted octanol–water partition coefficient (Wildman–Crippen LogP) is 0.584. The average Bonchev–Trinajstić information content (AvgIpc) is 3.38. The van der Waals surface area contributed by atoms with Crippen molar-refractivity contribution in [2.24, 2.45) is 11.8 Å². The number of likely N-dealkylation sites (tertiary alicyclic amines) is 1. The summed E-state index contributed by atoms with van der Waals surface area (Å²) in [5.41, 5.74) is -0.00330. The quantitative estimate of drug-likeness (QED) is 0.560. The number of fused-ring (bicyclic) bond motifs is 1. The maximum Gasteiger partial charge on any atom is 0.246 e. The second-order valence-electron chi connectivity index (χ2n) is 9.03. The first-order chi connectivity index (χ1) is 14.9. The van der Waals surface area contributed by atoms with Crippen molar-refractivity contribution >= 4 is 17.7 Å². The fourth-order valence-electron chi connectivity index (χ4n) is 5.50. The zero-order chi connectivity index (χ0) is 22.2. The molecular weight excluding hydrogens is 398 g/mol. The van der Waals surface area contributed by atoms with E-state index >= 15 is 0 Å². The monoisotopic (exact) mass is 429 g/mol.